The number of carbonyl (C=O) groups is 1. The summed E-state index contributed by atoms with van der Waals surface area (Å²) in [4.78, 5) is 34.5. The number of nitrogens with one attached hydrogen (secondary N) is 2. The Hall–Kier alpha value is -4.54. The van der Waals surface area contributed by atoms with Gasteiger partial charge in [-0.05, 0) is 54.9 Å². The van der Waals surface area contributed by atoms with Gasteiger partial charge in [-0.25, -0.2) is 19.3 Å². The van der Waals surface area contributed by atoms with E-state index in [1.165, 1.54) is 12.5 Å². The molecular formula is C32H35FN8O2. The van der Waals surface area contributed by atoms with Gasteiger partial charge < -0.3 is 19.9 Å². The number of aliphatic hydroxyl groups is 1. The topological polar surface area (TPSA) is 127 Å². The Labute approximate surface area is 248 Å². The molecule has 43 heavy (non-hydrogen) atoms. The summed E-state index contributed by atoms with van der Waals surface area (Å²) in [7, 11) is 0. The number of aliphatic hydroxyl groups excluding tert-OH is 1. The van der Waals surface area contributed by atoms with E-state index in [9.17, 15) is 14.3 Å². The smallest absolute Gasteiger partial charge is 0.274 e. The van der Waals surface area contributed by atoms with Gasteiger partial charge in [-0.1, -0.05) is 26.0 Å². The summed E-state index contributed by atoms with van der Waals surface area (Å²) in [5.41, 5.74) is 4.17. The number of hydrogen-bond acceptors (Lipinski definition) is 7. The molecule has 1 aromatic carbocycles. The molecule has 3 aliphatic rings. The van der Waals surface area contributed by atoms with Crippen molar-refractivity contribution in [3.63, 3.8) is 0 Å². The van der Waals surface area contributed by atoms with E-state index < -0.39 is 11.2 Å². The highest BCUT2D eigenvalue weighted by Crippen LogP contribution is 2.46. The van der Waals surface area contributed by atoms with Crippen LogP contribution in [0.5, 0.6) is 0 Å². The first-order valence-corrected chi connectivity index (χ1v) is 15.0. The number of benzene rings is 1. The normalized spacial score (nSPS) is 22.3. The van der Waals surface area contributed by atoms with Crippen LogP contribution >= 0.6 is 0 Å². The van der Waals surface area contributed by atoms with E-state index in [0.717, 1.165) is 66.0 Å². The SMILES string of the molecule is CCC1(C)C=C(O)C(F)=CC1c1ccc2c(-c3nc4c([nH]3)CN(C(=O)c3cnc(N5CCCCC5)cn3)CC4)n[nH]c2c1. The van der Waals surface area contributed by atoms with Crippen molar-refractivity contribution >= 4 is 22.6 Å². The third-order valence-corrected chi connectivity index (χ3v) is 9.32. The molecule has 10 nitrogen and oxygen atoms in total. The fourth-order valence-electron chi connectivity index (χ4n) is 6.56. The zero-order valence-electron chi connectivity index (χ0n) is 24.4. The van der Waals surface area contributed by atoms with Crippen LogP contribution in [0.3, 0.4) is 0 Å². The zero-order chi connectivity index (χ0) is 29.7. The Morgan fingerprint density at radius 1 is 1.16 bits per heavy atom. The molecule has 4 aromatic rings. The number of piperidine rings is 1. The Balaban J connectivity index is 1.09. The summed E-state index contributed by atoms with van der Waals surface area (Å²) >= 11 is 0. The first-order valence-electron chi connectivity index (χ1n) is 15.0. The molecule has 1 fully saturated rings. The molecule has 2 atom stereocenters. The second-order valence-electron chi connectivity index (χ2n) is 12.1. The van der Waals surface area contributed by atoms with E-state index in [1.807, 2.05) is 32.0 Å². The minimum atomic E-state index is -0.600. The van der Waals surface area contributed by atoms with Crippen LogP contribution in [0.2, 0.25) is 0 Å². The van der Waals surface area contributed by atoms with Crippen LogP contribution in [0.15, 0.2) is 54.3 Å². The minimum absolute atomic E-state index is 0.146. The molecular weight excluding hydrogens is 547 g/mol. The zero-order valence-corrected chi connectivity index (χ0v) is 24.4. The molecule has 0 radical (unpaired) electrons. The highest BCUT2D eigenvalue weighted by atomic mass is 19.1. The Bertz CT molecular complexity index is 1750. The van der Waals surface area contributed by atoms with Crippen molar-refractivity contribution in [2.75, 3.05) is 24.5 Å². The number of amides is 1. The van der Waals surface area contributed by atoms with E-state index in [1.54, 1.807) is 23.4 Å². The van der Waals surface area contributed by atoms with Crippen LogP contribution < -0.4 is 4.90 Å². The number of anilines is 1. The van der Waals surface area contributed by atoms with Crippen molar-refractivity contribution in [3.05, 3.63) is 77.0 Å². The predicted octanol–water partition coefficient (Wildman–Crippen LogP) is 5.74. The number of hydrogen-bond donors (Lipinski definition) is 3. The van der Waals surface area contributed by atoms with Gasteiger partial charge in [0, 0.05) is 37.4 Å². The van der Waals surface area contributed by atoms with Crippen LogP contribution in [0, 0.1) is 5.41 Å². The summed E-state index contributed by atoms with van der Waals surface area (Å²) in [6, 6.07) is 5.96. The Kier molecular flexibility index (Phi) is 6.75. The number of rotatable bonds is 5. The van der Waals surface area contributed by atoms with Gasteiger partial charge >= 0.3 is 0 Å². The van der Waals surface area contributed by atoms with Crippen LogP contribution in [0.4, 0.5) is 10.2 Å². The number of aromatic amines is 2. The largest absolute Gasteiger partial charge is 0.505 e. The molecule has 1 amide bonds. The second kappa shape index (κ2) is 10.6. The average Bonchev–Trinajstić information content (AvgIpc) is 3.66. The minimum Gasteiger partial charge on any atom is -0.505 e. The molecule has 5 heterocycles. The van der Waals surface area contributed by atoms with E-state index in [0.29, 0.717) is 36.7 Å². The fourth-order valence-corrected chi connectivity index (χ4v) is 6.56. The van der Waals surface area contributed by atoms with Crippen molar-refractivity contribution < 1.29 is 14.3 Å². The van der Waals surface area contributed by atoms with Crippen molar-refractivity contribution in [2.45, 2.75) is 58.4 Å². The Morgan fingerprint density at radius 2 is 2.00 bits per heavy atom. The maximum Gasteiger partial charge on any atom is 0.274 e. The third-order valence-electron chi connectivity index (χ3n) is 9.32. The van der Waals surface area contributed by atoms with E-state index in [4.69, 9.17) is 4.98 Å². The lowest BCUT2D eigenvalue weighted by atomic mass is 9.69. The van der Waals surface area contributed by atoms with E-state index in [2.05, 4.69) is 30.0 Å². The second-order valence-corrected chi connectivity index (χ2v) is 12.1. The number of imidazole rings is 1. The van der Waals surface area contributed by atoms with Crippen molar-refractivity contribution in [3.8, 4) is 11.5 Å². The van der Waals surface area contributed by atoms with Gasteiger partial charge in [-0.15, -0.1) is 0 Å². The molecule has 222 valence electrons. The molecule has 1 saturated heterocycles. The van der Waals surface area contributed by atoms with Crippen molar-refractivity contribution in [1.82, 2.24) is 35.0 Å². The van der Waals surface area contributed by atoms with Gasteiger partial charge in [0.05, 0.1) is 35.8 Å². The molecule has 0 saturated carbocycles. The highest BCUT2D eigenvalue weighted by molar-refractivity contribution is 5.93. The van der Waals surface area contributed by atoms with Gasteiger partial charge in [0.1, 0.15) is 23.0 Å². The summed E-state index contributed by atoms with van der Waals surface area (Å²) < 4.78 is 14.4. The Morgan fingerprint density at radius 3 is 2.77 bits per heavy atom. The first-order chi connectivity index (χ1) is 20.8. The summed E-state index contributed by atoms with van der Waals surface area (Å²) in [5.74, 6) is 0.190. The fraction of sp³-hybridized carbons (Fsp3) is 0.406. The number of nitrogens with zero attached hydrogens (tertiary/aromatic N) is 6. The lowest BCUT2D eigenvalue weighted by molar-refractivity contribution is 0.0725. The predicted molar refractivity (Wildman–Crippen MR) is 161 cm³/mol. The quantitative estimate of drug-likeness (QED) is 0.274. The third kappa shape index (κ3) is 4.86. The number of carbonyl (C=O) groups excluding carboxylic acids is 1. The van der Waals surface area contributed by atoms with Crippen LogP contribution in [-0.4, -0.2) is 65.7 Å². The van der Waals surface area contributed by atoms with E-state index in [-0.39, 0.29) is 17.6 Å². The van der Waals surface area contributed by atoms with E-state index >= 15 is 0 Å². The summed E-state index contributed by atoms with van der Waals surface area (Å²) in [6.45, 7) is 6.96. The lowest BCUT2D eigenvalue weighted by Gasteiger charge is -2.35. The van der Waals surface area contributed by atoms with Gasteiger partial charge in [0.25, 0.3) is 5.91 Å². The standard InChI is InChI=1S/C32H35FN8O2/c1-3-32(2)15-27(42)22(33)14-21(32)19-7-8-20-24(13-19)38-39-29(20)30-36-23-9-12-41(18-26(23)37-30)31(43)25-16-35-28(17-34-25)40-10-5-4-6-11-40/h7-8,13-17,21,42H,3-6,9-12,18H2,1-2H3,(H,36,37)(H,38,39). The maximum atomic E-state index is 14.4. The van der Waals surface area contributed by atoms with Crippen molar-refractivity contribution in [2.24, 2.45) is 5.41 Å². The summed E-state index contributed by atoms with van der Waals surface area (Å²) in [5, 5.41) is 18.6. The molecule has 0 spiro atoms. The van der Waals surface area contributed by atoms with Crippen molar-refractivity contribution in [1.29, 1.82) is 0 Å². The average molecular weight is 583 g/mol. The lowest BCUT2D eigenvalue weighted by Crippen LogP contribution is -2.36. The van der Waals surface area contributed by atoms with Crippen LogP contribution in [0.1, 0.15) is 72.9 Å². The van der Waals surface area contributed by atoms with Gasteiger partial charge in [-0.3, -0.25) is 9.89 Å². The molecule has 3 aromatic heterocycles. The number of allylic oxidation sites excluding steroid dienone is 3. The maximum absolute atomic E-state index is 14.4. The van der Waals surface area contributed by atoms with Gasteiger partial charge in [-0.2, -0.15) is 5.10 Å². The monoisotopic (exact) mass is 582 g/mol. The molecule has 0 bridgehead atoms. The number of H-pyrrole nitrogens is 2. The van der Waals surface area contributed by atoms with Crippen LogP contribution in [0.25, 0.3) is 22.4 Å². The molecule has 2 unspecified atom stereocenters. The molecule has 1 aliphatic carbocycles. The number of aromatic nitrogens is 6. The summed E-state index contributed by atoms with van der Waals surface area (Å²) in [6.07, 6.45) is 11.3. The highest BCUT2D eigenvalue weighted by Gasteiger charge is 2.36. The van der Waals surface area contributed by atoms with Gasteiger partial charge in [0.2, 0.25) is 0 Å². The molecule has 3 N–H and O–H groups in total. The molecule has 2 aliphatic heterocycles. The van der Waals surface area contributed by atoms with Gasteiger partial charge in [0.15, 0.2) is 11.7 Å². The number of halogens is 1. The molecule has 7 rings (SSSR count). The first kappa shape index (κ1) is 27.3. The van der Waals surface area contributed by atoms with Crippen LogP contribution in [-0.2, 0) is 13.0 Å². The molecule has 11 heteroatoms. The number of fused-ring (bicyclic) bond motifs is 2.